The molecular formula is C31H29F3N2O5S2. The van der Waals surface area contributed by atoms with E-state index >= 15 is 0 Å². The fourth-order valence-corrected chi connectivity index (χ4v) is 9.27. The Morgan fingerprint density at radius 2 is 1.86 bits per heavy atom. The molecule has 3 aliphatic rings. The number of halogens is 3. The van der Waals surface area contributed by atoms with E-state index in [1.807, 2.05) is 23.9 Å². The van der Waals surface area contributed by atoms with Gasteiger partial charge in [-0.2, -0.15) is 0 Å². The van der Waals surface area contributed by atoms with Crippen LogP contribution < -0.4 is 4.74 Å². The largest absolute Gasteiger partial charge is 0.573 e. The monoisotopic (exact) mass is 630 g/mol. The summed E-state index contributed by atoms with van der Waals surface area (Å²) in [7, 11) is 1.37. The maximum absolute atomic E-state index is 13.1. The third kappa shape index (κ3) is 6.01. The van der Waals surface area contributed by atoms with E-state index < -0.39 is 6.36 Å². The molecule has 0 amide bonds. The van der Waals surface area contributed by atoms with Crippen molar-refractivity contribution in [1.29, 1.82) is 0 Å². The Morgan fingerprint density at radius 1 is 1.09 bits per heavy atom. The second kappa shape index (κ2) is 11.4. The lowest BCUT2D eigenvalue weighted by molar-refractivity contribution is -0.274. The number of carbonyl (C=O) groups excluding carboxylic acids is 1. The Labute approximate surface area is 254 Å². The third-order valence-electron chi connectivity index (χ3n) is 8.59. The molecule has 4 aromatic rings. The van der Waals surface area contributed by atoms with E-state index in [4.69, 9.17) is 19.0 Å². The number of esters is 1. The molecule has 2 bridgehead atoms. The van der Waals surface area contributed by atoms with Gasteiger partial charge in [0, 0.05) is 22.3 Å². The molecule has 12 heteroatoms. The highest BCUT2D eigenvalue weighted by molar-refractivity contribution is 8.01. The minimum atomic E-state index is -4.82. The van der Waals surface area contributed by atoms with Crippen LogP contribution in [-0.4, -0.2) is 40.9 Å². The van der Waals surface area contributed by atoms with Gasteiger partial charge in [-0.15, -0.1) is 24.5 Å². The maximum atomic E-state index is 13.1. The van der Waals surface area contributed by atoms with Gasteiger partial charge in [0.05, 0.1) is 35.6 Å². The molecule has 0 N–H and O–H groups in total. The number of ether oxygens (including phenoxy) is 3. The molecule has 3 saturated carbocycles. The van der Waals surface area contributed by atoms with Crippen molar-refractivity contribution in [3.63, 3.8) is 0 Å². The summed E-state index contributed by atoms with van der Waals surface area (Å²) < 4.78 is 62.7. The Bertz CT molecular complexity index is 1640. The fourth-order valence-electron chi connectivity index (χ4n) is 6.48. The molecule has 2 heterocycles. The van der Waals surface area contributed by atoms with E-state index in [1.165, 1.54) is 19.2 Å². The lowest BCUT2D eigenvalue weighted by Crippen LogP contribution is -2.32. The van der Waals surface area contributed by atoms with Crippen molar-refractivity contribution in [2.75, 3.05) is 7.11 Å². The number of thiazole rings is 1. The van der Waals surface area contributed by atoms with Gasteiger partial charge in [0.25, 0.3) is 0 Å². The van der Waals surface area contributed by atoms with Crippen LogP contribution in [0.15, 0.2) is 51.3 Å². The van der Waals surface area contributed by atoms with Crippen molar-refractivity contribution >= 4 is 39.3 Å². The predicted molar refractivity (Wildman–Crippen MR) is 155 cm³/mol. The number of aromatic nitrogens is 2. The molecule has 7 nitrogen and oxygen atoms in total. The van der Waals surface area contributed by atoms with E-state index in [0.29, 0.717) is 39.7 Å². The van der Waals surface area contributed by atoms with Crippen LogP contribution in [0.4, 0.5) is 13.2 Å². The van der Waals surface area contributed by atoms with Crippen molar-refractivity contribution in [1.82, 2.24) is 10.1 Å². The Morgan fingerprint density at radius 3 is 2.58 bits per heavy atom. The van der Waals surface area contributed by atoms with Crippen LogP contribution in [-0.2, 0) is 16.1 Å². The second-order valence-electron chi connectivity index (χ2n) is 11.4. The number of carbonyl (C=O) groups is 1. The predicted octanol–water partition coefficient (Wildman–Crippen LogP) is 8.38. The normalized spacial score (nSPS) is 23.5. The number of hydrogen-bond donors (Lipinski definition) is 0. The first-order chi connectivity index (χ1) is 20.8. The quantitative estimate of drug-likeness (QED) is 0.171. The van der Waals surface area contributed by atoms with Gasteiger partial charge in [-0.1, -0.05) is 29.1 Å². The lowest BCUT2D eigenvalue weighted by atomic mass is 9.86. The van der Waals surface area contributed by atoms with Gasteiger partial charge in [-0.05, 0) is 80.7 Å². The lowest BCUT2D eigenvalue weighted by Gasteiger charge is -2.34. The first-order valence-corrected chi connectivity index (χ1v) is 16.1. The number of alkyl halides is 3. The Hall–Kier alpha value is -3.09. The second-order valence-corrected chi connectivity index (χ2v) is 13.9. The number of methoxy groups -OCH3 is 1. The summed E-state index contributed by atoms with van der Waals surface area (Å²) in [4.78, 5) is 16.8. The van der Waals surface area contributed by atoms with Gasteiger partial charge >= 0.3 is 12.3 Å². The number of para-hydroxylation sites is 1. The Balaban J connectivity index is 1.05. The molecule has 226 valence electrons. The summed E-state index contributed by atoms with van der Waals surface area (Å²) in [5.41, 5.74) is 2.70. The van der Waals surface area contributed by atoms with Gasteiger partial charge in [-0.3, -0.25) is 0 Å². The molecule has 2 aromatic heterocycles. The van der Waals surface area contributed by atoms with Crippen LogP contribution in [0.1, 0.15) is 66.1 Å². The van der Waals surface area contributed by atoms with Crippen LogP contribution >= 0.6 is 23.1 Å². The van der Waals surface area contributed by atoms with Crippen molar-refractivity contribution in [3.8, 4) is 17.0 Å². The van der Waals surface area contributed by atoms with Gasteiger partial charge in [0.1, 0.15) is 17.2 Å². The highest BCUT2D eigenvalue weighted by atomic mass is 32.2. The molecular weight excluding hydrogens is 601 g/mol. The summed E-state index contributed by atoms with van der Waals surface area (Å²) in [6.45, 7) is 0.229. The topological polar surface area (TPSA) is 83.7 Å². The minimum Gasteiger partial charge on any atom is -0.465 e. The van der Waals surface area contributed by atoms with E-state index in [1.54, 1.807) is 29.5 Å². The summed E-state index contributed by atoms with van der Waals surface area (Å²) in [5.74, 6) is 1.22. The van der Waals surface area contributed by atoms with Gasteiger partial charge in [-0.25, -0.2) is 9.78 Å². The van der Waals surface area contributed by atoms with Crippen LogP contribution in [0, 0.1) is 11.8 Å². The van der Waals surface area contributed by atoms with E-state index in [2.05, 4.69) is 9.89 Å². The fraction of sp³-hybridized carbons (Fsp3) is 0.452. The first-order valence-electron chi connectivity index (χ1n) is 14.4. The number of benzene rings is 2. The molecule has 0 saturated heterocycles. The summed E-state index contributed by atoms with van der Waals surface area (Å²) in [6.07, 6.45) is 1.25. The van der Waals surface area contributed by atoms with Crippen LogP contribution in [0.25, 0.3) is 21.5 Å². The van der Waals surface area contributed by atoms with Crippen molar-refractivity contribution < 1.29 is 36.7 Å². The summed E-state index contributed by atoms with van der Waals surface area (Å²) >= 11 is 3.44. The number of thioether (sulfide) groups is 1. The maximum Gasteiger partial charge on any atom is 0.573 e. The van der Waals surface area contributed by atoms with Gasteiger partial charge in [0.2, 0.25) is 0 Å². The zero-order valence-corrected chi connectivity index (χ0v) is 24.9. The summed E-state index contributed by atoms with van der Waals surface area (Å²) in [5, 5.41) is 4.65. The van der Waals surface area contributed by atoms with Crippen molar-refractivity contribution in [2.45, 2.75) is 73.1 Å². The third-order valence-corrected chi connectivity index (χ3v) is 11.3. The van der Waals surface area contributed by atoms with Gasteiger partial charge < -0.3 is 18.7 Å². The van der Waals surface area contributed by atoms with Crippen molar-refractivity contribution in [3.05, 3.63) is 59.4 Å². The number of nitrogens with zero attached hydrogens (tertiary/aromatic N) is 2. The molecule has 3 aliphatic carbocycles. The average molecular weight is 631 g/mol. The molecule has 3 fully saturated rings. The number of rotatable bonds is 9. The molecule has 7 rings (SSSR count). The highest BCUT2D eigenvalue weighted by Crippen LogP contribution is 2.52. The molecule has 2 unspecified atom stereocenters. The Kier molecular flexibility index (Phi) is 7.63. The smallest absolute Gasteiger partial charge is 0.465 e. The highest BCUT2D eigenvalue weighted by Gasteiger charge is 2.44. The van der Waals surface area contributed by atoms with E-state index in [-0.39, 0.29) is 35.9 Å². The number of fused-ring (bicyclic) bond motifs is 3. The zero-order valence-electron chi connectivity index (χ0n) is 23.3. The van der Waals surface area contributed by atoms with Crippen molar-refractivity contribution in [2.24, 2.45) is 11.8 Å². The summed E-state index contributed by atoms with van der Waals surface area (Å²) in [6, 6.07) is 11.5. The molecule has 43 heavy (non-hydrogen) atoms. The molecule has 0 spiro atoms. The van der Waals surface area contributed by atoms with E-state index in [9.17, 15) is 18.0 Å². The zero-order chi connectivity index (χ0) is 29.7. The first kappa shape index (κ1) is 28.7. The van der Waals surface area contributed by atoms with Crippen LogP contribution in [0.5, 0.6) is 5.75 Å². The molecule has 2 aromatic carbocycles. The minimum absolute atomic E-state index is 0.0452. The van der Waals surface area contributed by atoms with Gasteiger partial charge in [0.15, 0.2) is 4.34 Å². The van der Waals surface area contributed by atoms with E-state index in [0.717, 1.165) is 53.1 Å². The molecule has 0 radical (unpaired) electrons. The molecule has 0 aliphatic heterocycles. The number of hydrogen-bond acceptors (Lipinski definition) is 9. The average Bonchev–Trinajstić information content (AvgIpc) is 3.54. The molecule has 2 atom stereocenters. The van der Waals surface area contributed by atoms with Crippen LogP contribution in [0.3, 0.4) is 0 Å². The van der Waals surface area contributed by atoms with Crippen LogP contribution in [0.2, 0.25) is 0 Å². The standard InChI is InChI=1S/C31H29F3N2O5S2/c1-38-29(37)19-10-11-23-25(14-19)42-30(35-23)43-28-17-8-9-18(28)13-20(12-17)39-15-22-26(36-41-27(22)16-6-7-16)21-4-2-3-5-24(21)40-31(32,33)34/h2-5,10-11,14,16-18,20,28H,6-9,12-13,15H2,1H3. The SMILES string of the molecule is COC(=O)c1ccc2nc(SC3C4CCC3CC(OCc3c(-c5ccccc5OC(F)(F)F)noc3C3CC3)C4)sc2c1.